The fourth-order valence-corrected chi connectivity index (χ4v) is 2.59. The molecule has 0 saturated heterocycles. The minimum Gasteiger partial charge on any atom is -0.481 e. The Kier molecular flexibility index (Phi) is 4.59. The quantitative estimate of drug-likeness (QED) is 0.887. The molecule has 21 heavy (non-hydrogen) atoms. The van der Waals surface area contributed by atoms with E-state index in [1.165, 1.54) is 4.90 Å². The highest BCUT2D eigenvalue weighted by Crippen LogP contribution is 2.32. The van der Waals surface area contributed by atoms with Crippen molar-refractivity contribution in [2.24, 2.45) is 11.8 Å². The predicted molar refractivity (Wildman–Crippen MR) is 73.3 cm³/mol. The van der Waals surface area contributed by atoms with Crippen molar-refractivity contribution in [3.05, 3.63) is 11.7 Å². The molecule has 1 aromatic rings. The first-order valence-electron chi connectivity index (χ1n) is 7.18. The number of hydrogen-bond acceptors (Lipinski definition) is 5. The van der Waals surface area contributed by atoms with Gasteiger partial charge in [-0.25, -0.2) is 0 Å². The smallest absolute Gasteiger partial charge is 0.306 e. The first-order chi connectivity index (χ1) is 9.88. The number of rotatable bonds is 5. The fraction of sp³-hybridized carbons (Fsp3) is 0.714. The second-order valence-electron chi connectivity index (χ2n) is 5.94. The molecule has 7 heteroatoms. The molecule has 1 aromatic heterocycles. The maximum absolute atomic E-state index is 12.3. The molecule has 0 spiro atoms. The maximum Gasteiger partial charge on any atom is 0.306 e. The highest BCUT2D eigenvalue weighted by molar-refractivity contribution is 5.80. The fourth-order valence-electron chi connectivity index (χ4n) is 2.59. The van der Waals surface area contributed by atoms with Gasteiger partial charge in [0.05, 0.1) is 12.5 Å². The van der Waals surface area contributed by atoms with Crippen LogP contribution in [-0.2, 0) is 16.1 Å². The third kappa shape index (κ3) is 3.59. The van der Waals surface area contributed by atoms with E-state index in [9.17, 15) is 9.59 Å². The monoisotopic (exact) mass is 295 g/mol. The largest absolute Gasteiger partial charge is 0.481 e. The Morgan fingerprint density at radius 2 is 2.05 bits per heavy atom. The molecule has 1 aliphatic rings. The molecule has 0 radical (unpaired) electrons. The molecule has 1 N–H and O–H groups in total. The summed E-state index contributed by atoms with van der Waals surface area (Å²) in [6.07, 6.45) is 1.61. The summed E-state index contributed by atoms with van der Waals surface area (Å²) >= 11 is 0. The van der Waals surface area contributed by atoms with Gasteiger partial charge in [0.2, 0.25) is 11.8 Å². The molecule has 0 aromatic carbocycles. The highest BCUT2D eigenvalue weighted by Gasteiger charge is 2.35. The van der Waals surface area contributed by atoms with E-state index < -0.39 is 11.9 Å². The van der Waals surface area contributed by atoms with Crippen molar-refractivity contribution >= 4 is 11.9 Å². The Bertz CT molecular complexity index is 526. The molecule has 2 atom stereocenters. The SMILES string of the molecule is CC(C)c1noc(CN(C)C(=O)[C@H]2CC[C@@H](C(=O)O)C2)n1. The lowest BCUT2D eigenvalue weighted by Gasteiger charge is -2.19. The van der Waals surface area contributed by atoms with Crippen LogP contribution in [0.3, 0.4) is 0 Å². The van der Waals surface area contributed by atoms with E-state index in [-0.39, 0.29) is 24.3 Å². The van der Waals surface area contributed by atoms with E-state index >= 15 is 0 Å². The Balaban J connectivity index is 1.92. The Morgan fingerprint density at radius 1 is 1.38 bits per heavy atom. The van der Waals surface area contributed by atoms with Crippen LogP contribution in [0.15, 0.2) is 4.52 Å². The lowest BCUT2D eigenvalue weighted by molar-refractivity contribution is -0.141. The molecular weight excluding hydrogens is 274 g/mol. The van der Waals surface area contributed by atoms with Crippen molar-refractivity contribution < 1.29 is 19.2 Å². The average molecular weight is 295 g/mol. The van der Waals surface area contributed by atoms with Crippen LogP contribution < -0.4 is 0 Å². The summed E-state index contributed by atoms with van der Waals surface area (Å²) in [4.78, 5) is 29.0. The summed E-state index contributed by atoms with van der Waals surface area (Å²) in [6.45, 7) is 4.19. The van der Waals surface area contributed by atoms with Gasteiger partial charge in [-0.2, -0.15) is 4.98 Å². The van der Waals surface area contributed by atoms with Crippen LogP contribution >= 0.6 is 0 Å². The minimum atomic E-state index is -0.813. The van der Waals surface area contributed by atoms with Crippen LogP contribution in [0.1, 0.15) is 50.7 Å². The van der Waals surface area contributed by atoms with Crippen molar-refractivity contribution in [3.63, 3.8) is 0 Å². The van der Waals surface area contributed by atoms with Crippen molar-refractivity contribution in [2.75, 3.05) is 7.05 Å². The van der Waals surface area contributed by atoms with Crippen LogP contribution in [0.4, 0.5) is 0 Å². The molecule has 116 valence electrons. The standard InChI is InChI=1S/C14H21N3O4/c1-8(2)12-15-11(21-16-12)7-17(3)13(18)9-4-5-10(6-9)14(19)20/h8-10H,4-7H2,1-3H3,(H,19,20)/t9-,10+/m0/s1. The zero-order valence-corrected chi connectivity index (χ0v) is 12.6. The third-order valence-electron chi connectivity index (χ3n) is 3.88. The lowest BCUT2D eigenvalue weighted by Crippen LogP contribution is -2.31. The summed E-state index contributed by atoms with van der Waals surface area (Å²) in [5.74, 6) is -0.281. The first kappa shape index (κ1) is 15.5. The number of hydrogen-bond donors (Lipinski definition) is 1. The number of nitrogens with zero attached hydrogens (tertiary/aromatic N) is 3. The minimum absolute atomic E-state index is 0.0527. The second-order valence-corrected chi connectivity index (χ2v) is 5.94. The topological polar surface area (TPSA) is 96.5 Å². The summed E-state index contributed by atoms with van der Waals surface area (Å²) in [6, 6.07) is 0. The van der Waals surface area contributed by atoms with Gasteiger partial charge in [0, 0.05) is 18.9 Å². The van der Waals surface area contributed by atoms with Crippen LogP contribution in [0.25, 0.3) is 0 Å². The molecular formula is C14H21N3O4. The summed E-state index contributed by atoms with van der Waals surface area (Å²) < 4.78 is 5.12. The van der Waals surface area contributed by atoms with Crippen molar-refractivity contribution in [1.82, 2.24) is 15.0 Å². The summed E-state index contributed by atoms with van der Waals surface area (Å²) in [5, 5.41) is 12.8. The molecule has 1 aliphatic carbocycles. The van der Waals surface area contributed by atoms with Crippen LogP contribution in [0, 0.1) is 11.8 Å². The van der Waals surface area contributed by atoms with E-state index in [0.717, 1.165) is 0 Å². The Labute approximate surface area is 123 Å². The second kappa shape index (κ2) is 6.24. The molecule has 1 amide bonds. The van der Waals surface area contributed by atoms with E-state index in [0.29, 0.717) is 31.0 Å². The summed E-state index contributed by atoms with van der Waals surface area (Å²) in [5.41, 5.74) is 0. The number of aromatic nitrogens is 2. The van der Waals surface area contributed by atoms with Gasteiger partial charge in [-0.15, -0.1) is 0 Å². The average Bonchev–Trinajstić information content (AvgIpc) is 3.06. The van der Waals surface area contributed by atoms with E-state index in [1.807, 2.05) is 13.8 Å². The predicted octanol–water partition coefficient (Wildman–Crippen LogP) is 1.65. The van der Waals surface area contributed by atoms with E-state index in [1.54, 1.807) is 7.05 Å². The van der Waals surface area contributed by atoms with Gasteiger partial charge >= 0.3 is 5.97 Å². The van der Waals surface area contributed by atoms with Crippen molar-refractivity contribution in [3.8, 4) is 0 Å². The van der Waals surface area contributed by atoms with E-state index in [4.69, 9.17) is 9.63 Å². The van der Waals surface area contributed by atoms with Gasteiger partial charge in [0.15, 0.2) is 5.82 Å². The van der Waals surface area contributed by atoms with Gasteiger partial charge in [-0.05, 0) is 19.3 Å². The molecule has 1 heterocycles. The first-order valence-corrected chi connectivity index (χ1v) is 7.18. The molecule has 0 bridgehead atoms. The van der Waals surface area contributed by atoms with Gasteiger partial charge in [-0.1, -0.05) is 19.0 Å². The van der Waals surface area contributed by atoms with Gasteiger partial charge in [0.25, 0.3) is 0 Å². The van der Waals surface area contributed by atoms with Crippen molar-refractivity contribution in [2.45, 2.75) is 45.6 Å². The zero-order valence-electron chi connectivity index (χ0n) is 12.6. The molecule has 1 saturated carbocycles. The van der Waals surface area contributed by atoms with E-state index in [2.05, 4.69) is 10.1 Å². The van der Waals surface area contributed by atoms with Crippen LogP contribution in [0.5, 0.6) is 0 Å². The summed E-state index contributed by atoms with van der Waals surface area (Å²) in [7, 11) is 1.68. The molecule has 0 aliphatic heterocycles. The number of carbonyl (C=O) groups excluding carboxylic acids is 1. The van der Waals surface area contributed by atoms with Crippen molar-refractivity contribution in [1.29, 1.82) is 0 Å². The lowest BCUT2D eigenvalue weighted by atomic mass is 10.0. The van der Waals surface area contributed by atoms with Crippen LogP contribution in [0.2, 0.25) is 0 Å². The normalized spacial score (nSPS) is 21.7. The number of amides is 1. The van der Waals surface area contributed by atoms with Crippen LogP contribution in [-0.4, -0.2) is 39.1 Å². The number of carboxylic acids is 1. The molecule has 0 unspecified atom stereocenters. The molecule has 7 nitrogen and oxygen atoms in total. The van der Waals surface area contributed by atoms with Gasteiger partial charge in [0.1, 0.15) is 0 Å². The Hall–Kier alpha value is -1.92. The Morgan fingerprint density at radius 3 is 2.57 bits per heavy atom. The van der Waals surface area contributed by atoms with Gasteiger partial charge < -0.3 is 14.5 Å². The molecule has 2 rings (SSSR count). The third-order valence-corrected chi connectivity index (χ3v) is 3.88. The molecule has 1 fully saturated rings. The van der Waals surface area contributed by atoms with Gasteiger partial charge in [-0.3, -0.25) is 9.59 Å². The highest BCUT2D eigenvalue weighted by atomic mass is 16.5. The number of aliphatic carboxylic acids is 1. The number of carboxylic acid groups (broad SMARTS) is 1. The zero-order chi connectivity index (χ0) is 15.6. The maximum atomic E-state index is 12.3. The number of carbonyl (C=O) groups is 2.